The Hall–Kier alpha value is -1.16. The summed E-state index contributed by atoms with van der Waals surface area (Å²) < 4.78 is 5.91. The number of ether oxygens (including phenoxy) is 1. The molecule has 1 atom stereocenters. The molecule has 0 aliphatic rings. The Kier molecular flexibility index (Phi) is 7.52. The molecule has 0 aliphatic heterocycles. The maximum atomic E-state index is 5.91. The van der Waals surface area contributed by atoms with Crippen LogP contribution >= 0.6 is 0 Å². The fourth-order valence-corrected chi connectivity index (χ4v) is 2.07. The first-order valence-corrected chi connectivity index (χ1v) is 7.80. The minimum atomic E-state index is 0.308. The van der Waals surface area contributed by atoms with Crippen LogP contribution in [0.15, 0.2) is 6.20 Å². The molecule has 1 heterocycles. The molecule has 0 radical (unpaired) electrons. The Labute approximate surface area is 123 Å². The fraction of sp³-hybridized carbons (Fsp3) is 0.750. The van der Waals surface area contributed by atoms with Crippen molar-refractivity contribution in [1.82, 2.24) is 9.97 Å². The topological polar surface area (TPSA) is 61.0 Å². The van der Waals surface area contributed by atoms with Crippen molar-refractivity contribution in [3.8, 4) is 5.75 Å². The summed E-state index contributed by atoms with van der Waals surface area (Å²) in [6.07, 6.45) is 6.63. The molecule has 4 heteroatoms. The van der Waals surface area contributed by atoms with E-state index in [1.165, 1.54) is 19.3 Å². The Morgan fingerprint density at radius 1 is 1.30 bits per heavy atom. The zero-order valence-corrected chi connectivity index (χ0v) is 13.4. The third-order valence-electron chi connectivity index (χ3n) is 3.58. The SMILES string of the molecule is CCCCC(CC)COc1cnc(C(C)C)nc1CN. The van der Waals surface area contributed by atoms with Gasteiger partial charge in [-0.3, -0.25) is 0 Å². The molecule has 1 aromatic heterocycles. The van der Waals surface area contributed by atoms with Crippen molar-refractivity contribution in [2.24, 2.45) is 11.7 Å². The highest BCUT2D eigenvalue weighted by Crippen LogP contribution is 2.20. The van der Waals surface area contributed by atoms with E-state index >= 15 is 0 Å². The van der Waals surface area contributed by atoms with Crippen molar-refractivity contribution >= 4 is 0 Å². The Bertz CT molecular complexity index is 393. The van der Waals surface area contributed by atoms with Gasteiger partial charge in [0.2, 0.25) is 0 Å². The maximum absolute atomic E-state index is 5.91. The normalized spacial score (nSPS) is 12.7. The number of nitrogens with two attached hydrogens (primary N) is 1. The largest absolute Gasteiger partial charge is 0.490 e. The second kappa shape index (κ2) is 8.90. The second-order valence-corrected chi connectivity index (χ2v) is 5.63. The minimum absolute atomic E-state index is 0.308. The van der Waals surface area contributed by atoms with Crippen LogP contribution in [-0.2, 0) is 6.54 Å². The second-order valence-electron chi connectivity index (χ2n) is 5.63. The van der Waals surface area contributed by atoms with Crippen LogP contribution in [0.2, 0.25) is 0 Å². The van der Waals surface area contributed by atoms with Gasteiger partial charge in [-0.15, -0.1) is 0 Å². The van der Waals surface area contributed by atoms with E-state index in [-0.39, 0.29) is 0 Å². The van der Waals surface area contributed by atoms with Crippen LogP contribution in [0.4, 0.5) is 0 Å². The van der Waals surface area contributed by atoms with Gasteiger partial charge in [0, 0.05) is 12.5 Å². The van der Waals surface area contributed by atoms with Crippen molar-refractivity contribution in [2.45, 2.75) is 65.8 Å². The number of aromatic nitrogens is 2. The van der Waals surface area contributed by atoms with E-state index in [1.807, 2.05) is 0 Å². The highest BCUT2D eigenvalue weighted by atomic mass is 16.5. The zero-order chi connectivity index (χ0) is 15.0. The van der Waals surface area contributed by atoms with Crippen LogP contribution in [0.3, 0.4) is 0 Å². The zero-order valence-electron chi connectivity index (χ0n) is 13.4. The summed E-state index contributed by atoms with van der Waals surface area (Å²) in [5.74, 6) is 2.48. The van der Waals surface area contributed by atoms with E-state index in [2.05, 4.69) is 37.7 Å². The van der Waals surface area contributed by atoms with Gasteiger partial charge in [-0.05, 0) is 12.3 Å². The van der Waals surface area contributed by atoms with Crippen LogP contribution in [0.25, 0.3) is 0 Å². The van der Waals surface area contributed by atoms with E-state index in [0.29, 0.717) is 18.4 Å². The molecule has 0 aromatic carbocycles. The molecule has 0 bridgehead atoms. The summed E-state index contributed by atoms with van der Waals surface area (Å²) in [5, 5.41) is 0. The van der Waals surface area contributed by atoms with Gasteiger partial charge in [0.15, 0.2) is 5.75 Å². The van der Waals surface area contributed by atoms with E-state index in [9.17, 15) is 0 Å². The number of hydrogen-bond donors (Lipinski definition) is 1. The summed E-state index contributed by atoms with van der Waals surface area (Å²) in [6.45, 7) is 9.71. The van der Waals surface area contributed by atoms with Gasteiger partial charge >= 0.3 is 0 Å². The van der Waals surface area contributed by atoms with E-state index in [0.717, 1.165) is 30.3 Å². The highest BCUT2D eigenvalue weighted by molar-refractivity contribution is 5.25. The highest BCUT2D eigenvalue weighted by Gasteiger charge is 2.12. The standard InChI is InChI=1S/C16H29N3O/c1-5-7-8-13(6-2)11-20-15-10-18-16(12(3)4)19-14(15)9-17/h10,12-13H,5-9,11,17H2,1-4H3. The van der Waals surface area contributed by atoms with Gasteiger partial charge in [0.1, 0.15) is 5.82 Å². The fourth-order valence-electron chi connectivity index (χ4n) is 2.07. The van der Waals surface area contributed by atoms with Gasteiger partial charge in [-0.25, -0.2) is 9.97 Å². The molecule has 1 rings (SSSR count). The lowest BCUT2D eigenvalue weighted by Crippen LogP contribution is -2.14. The van der Waals surface area contributed by atoms with Crippen LogP contribution in [0, 0.1) is 5.92 Å². The predicted molar refractivity (Wildman–Crippen MR) is 82.8 cm³/mol. The van der Waals surface area contributed by atoms with Gasteiger partial charge < -0.3 is 10.5 Å². The first kappa shape index (κ1) is 16.9. The average Bonchev–Trinajstić information content (AvgIpc) is 2.47. The van der Waals surface area contributed by atoms with Crippen molar-refractivity contribution < 1.29 is 4.74 Å². The van der Waals surface area contributed by atoms with Crippen LogP contribution < -0.4 is 10.5 Å². The maximum Gasteiger partial charge on any atom is 0.160 e. The number of rotatable bonds is 9. The van der Waals surface area contributed by atoms with Crippen LogP contribution in [0.5, 0.6) is 5.75 Å². The summed E-state index contributed by atoms with van der Waals surface area (Å²) in [5.41, 5.74) is 6.58. The molecule has 4 nitrogen and oxygen atoms in total. The molecule has 0 saturated heterocycles. The smallest absolute Gasteiger partial charge is 0.160 e. The Morgan fingerprint density at radius 3 is 2.60 bits per heavy atom. The first-order valence-electron chi connectivity index (χ1n) is 7.80. The number of unbranched alkanes of at least 4 members (excludes halogenated alkanes) is 1. The minimum Gasteiger partial charge on any atom is -0.490 e. The summed E-state index contributed by atoms with van der Waals surface area (Å²) in [7, 11) is 0. The molecule has 0 amide bonds. The van der Waals surface area contributed by atoms with Crippen molar-refractivity contribution in [3.63, 3.8) is 0 Å². The third-order valence-corrected chi connectivity index (χ3v) is 3.58. The monoisotopic (exact) mass is 279 g/mol. The van der Waals surface area contributed by atoms with Gasteiger partial charge in [0.25, 0.3) is 0 Å². The molecule has 0 spiro atoms. The molecule has 2 N–H and O–H groups in total. The van der Waals surface area contributed by atoms with Crippen molar-refractivity contribution in [1.29, 1.82) is 0 Å². The quantitative estimate of drug-likeness (QED) is 0.749. The molecular weight excluding hydrogens is 250 g/mol. The first-order chi connectivity index (χ1) is 9.62. The number of hydrogen-bond acceptors (Lipinski definition) is 4. The molecule has 20 heavy (non-hydrogen) atoms. The van der Waals surface area contributed by atoms with Gasteiger partial charge in [-0.2, -0.15) is 0 Å². The van der Waals surface area contributed by atoms with E-state index in [4.69, 9.17) is 10.5 Å². The third kappa shape index (κ3) is 5.08. The molecule has 0 saturated carbocycles. The Morgan fingerprint density at radius 2 is 2.05 bits per heavy atom. The predicted octanol–water partition coefficient (Wildman–Crippen LogP) is 3.65. The average molecular weight is 279 g/mol. The van der Waals surface area contributed by atoms with E-state index < -0.39 is 0 Å². The lowest BCUT2D eigenvalue weighted by atomic mass is 10.0. The Balaban J connectivity index is 2.66. The lowest BCUT2D eigenvalue weighted by Gasteiger charge is -2.17. The summed E-state index contributed by atoms with van der Waals surface area (Å²) >= 11 is 0. The number of nitrogens with zero attached hydrogens (tertiary/aromatic N) is 2. The summed E-state index contributed by atoms with van der Waals surface area (Å²) in [6, 6.07) is 0. The molecule has 114 valence electrons. The lowest BCUT2D eigenvalue weighted by molar-refractivity contribution is 0.229. The van der Waals surface area contributed by atoms with Crippen molar-refractivity contribution in [2.75, 3.05) is 6.61 Å². The molecule has 0 aliphatic carbocycles. The molecule has 0 fully saturated rings. The van der Waals surface area contributed by atoms with E-state index in [1.54, 1.807) is 6.20 Å². The van der Waals surface area contributed by atoms with Crippen LogP contribution in [-0.4, -0.2) is 16.6 Å². The molecule has 1 aromatic rings. The van der Waals surface area contributed by atoms with Gasteiger partial charge in [-0.1, -0.05) is 47.0 Å². The summed E-state index contributed by atoms with van der Waals surface area (Å²) in [4.78, 5) is 8.86. The van der Waals surface area contributed by atoms with Crippen molar-refractivity contribution in [3.05, 3.63) is 17.7 Å². The van der Waals surface area contributed by atoms with Crippen LogP contribution in [0.1, 0.15) is 70.8 Å². The van der Waals surface area contributed by atoms with Gasteiger partial charge in [0.05, 0.1) is 18.5 Å². The molecule has 1 unspecified atom stereocenters. The molecular formula is C16H29N3O.